The lowest BCUT2D eigenvalue weighted by Crippen LogP contribution is -2.05. The Hall–Kier alpha value is -1.94. The van der Waals surface area contributed by atoms with Gasteiger partial charge in [0.1, 0.15) is 12.4 Å². The Labute approximate surface area is 123 Å². The van der Waals surface area contributed by atoms with Crippen molar-refractivity contribution in [3.05, 3.63) is 65.7 Å². The van der Waals surface area contributed by atoms with Gasteiger partial charge in [0.05, 0.1) is 0 Å². The third-order valence-corrected chi connectivity index (χ3v) is 3.54. The van der Waals surface area contributed by atoms with E-state index in [0.29, 0.717) is 6.61 Å². The molecule has 0 aliphatic rings. The van der Waals surface area contributed by atoms with Crippen molar-refractivity contribution in [2.45, 2.75) is 13.0 Å². The second kappa shape index (κ2) is 7.60. The van der Waals surface area contributed by atoms with Crippen molar-refractivity contribution in [2.24, 2.45) is 5.73 Å². The summed E-state index contributed by atoms with van der Waals surface area (Å²) in [5, 5.41) is 7.33. The lowest BCUT2D eigenvalue weighted by atomic mass is 10.2. The van der Waals surface area contributed by atoms with Crippen LogP contribution < -0.4 is 10.5 Å². The molecular formula is C16H18N2OS. The van der Waals surface area contributed by atoms with Crippen molar-refractivity contribution in [3.8, 4) is 5.75 Å². The summed E-state index contributed by atoms with van der Waals surface area (Å²) in [6.07, 6.45) is 0.906. The van der Waals surface area contributed by atoms with Gasteiger partial charge in [-0.05, 0) is 29.7 Å². The Morgan fingerprint density at radius 3 is 2.35 bits per heavy atom. The molecule has 0 fully saturated rings. The molecule has 2 aromatic carbocycles. The molecule has 0 atom stereocenters. The zero-order valence-corrected chi connectivity index (χ0v) is 12.0. The maximum Gasteiger partial charge on any atom is 0.151 e. The quantitative estimate of drug-likeness (QED) is 0.632. The Morgan fingerprint density at radius 2 is 1.70 bits per heavy atom. The molecule has 0 spiro atoms. The van der Waals surface area contributed by atoms with E-state index in [1.807, 2.05) is 42.5 Å². The van der Waals surface area contributed by atoms with E-state index in [2.05, 4.69) is 12.1 Å². The van der Waals surface area contributed by atoms with Crippen LogP contribution >= 0.6 is 11.8 Å². The largest absolute Gasteiger partial charge is 0.489 e. The molecule has 0 amide bonds. The lowest BCUT2D eigenvalue weighted by molar-refractivity contribution is 0.306. The first-order chi connectivity index (χ1) is 9.74. The van der Waals surface area contributed by atoms with E-state index in [4.69, 9.17) is 15.9 Å². The predicted octanol–water partition coefficient (Wildman–Crippen LogP) is 3.43. The number of rotatable bonds is 6. The minimum Gasteiger partial charge on any atom is -0.489 e. The molecule has 0 aromatic heterocycles. The smallest absolute Gasteiger partial charge is 0.151 e. The number of benzene rings is 2. The highest BCUT2D eigenvalue weighted by Gasteiger charge is 1.98. The SMILES string of the molecule is N=C(N)SCCc1ccc(OCc2ccccc2)cc1. The van der Waals surface area contributed by atoms with Gasteiger partial charge in [0.25, 0.3) is 0 Å². The Morgan fingerprint density at radius 1 is 1.00 bits per heavy atom. The fourth-order valence-electron chi connectivity index (χ4n) is 1.77. The number of thioether (sulfide) groups is 1. The average molecular weight is 286 g/mol. The van der Waals surface area contributed by atoms with Crippen molar-refractivity contribution < 1.29 is 4.74 Å². The minimum absolute atomic E-state index is 0.174. The molecule has 0 aliphatic carbocycles. The van der Waals surface area contributed by atoms with Crippen LogP contribution in [0.2, 0.25) is 0 Å². The topological polar surface area (TPSA) is 59.1 Å². The van der Waals surface area contributed by atoms with Crippen LogP contribution in [0.25, 0.3) is 0 Å². The van der Waals surface area contributed by atoms with E-state index in [1.54, 1.807) is 0 Å². The number of aryl methyl sites for hydroxylation is 1. The van der Waals surface area contributed by atoms with Gasteiger partial charge in [-0.15, -0.1) is 0 Å². The second-order valence-electron chi connectivity index (χ2n) is 4.38. The highest BCUT2D eigenvalue weighted by Crippen LogP contribution is 2.15. The van der Waals surface area contributed by atoms with Gasteiger partial charge in [0.15, 0.2) is 5.17 Å². The van der Waals surface area contributed by atoms with Gasteiger partial charge < -0.3 is 10.5 Å². The molecule has 0 aliphatic heterocycles. The van der Waals surface area contributed by atoms with Crippen LogP contribution in [0.3, 0.4) is 0 Å². The van der Waals surface area contributed by atoms with Crippen molar-refractivity contribution >= 4 is 16.9 Å². The van der Waals surface area contributed by atoms with Crippen LogP contribution in [0.1, 0.15) is 11.1 Å². The standard InChI is InChI=1S/C16H18N2OS/c17-16(18)20-11-10-13-6-8-15(9-7-13)19-12-14-4-2-1-3-5-14/h1-9H,10-12H2,(H3,17,18). The summed E-state index contributed by atoms with van der Waals surface area (Å²) in [7, 11) is 0. The van der Waals surface area contributed by atoms with Crippen molar-refractivity contribution in [3.63, 3.8) is 0 Å². The molecule has 0 unspecified atom stereocenters. The highest BCUT2D eigenvalue weighted by atomic mass is 32.2. The van der Waals surface area contributed by atoms with Crippen molar-refractivity contribution in [1.82, 2.24) is 0 Å². The third-order valence-electron chi connectivity index (χ3n) is 2.82. The molecule has 0 radical (unpaired) electrons. The van der Waals surface area contributed by atoms with Gasteiger partial charge in [0.2, 0.25) is 0 Å². The van der Waals surface area contributed by atoms with Gasteiger partial charge in [-0.1, -0.05) is 54.2 Å². The number of hydrogen-bond acceptors (Lipinski definition) is 3. The maximum atomic E-state index is 7.15. The van der Waals surface area contributed by atoms with E-state index in [-0.39, 0.29) is 5.17 Å². The molecule has 104 valence electrons. The van der Waals surface area contributed by atoms with Gasteiger partial charge in [-0.3, -0.25) is 5.41 Å². The molecule has 0 heterocycles. The molecule has 4 heteroatoms. The normalized spacial score (nSPS) is 10.2. The monoisotopic (exact) mass is 286 g/mol. The molecule has 0 saturated carbocycles. The summed E-state index contributed by atoms with van der Waals surface area (Å²) in [6.45, 7) is 0.584. The second-order valence-corrected chi connectivity index (χ2v) is 5.52. The van der Waals surface area contributed by atoms with Crippen LogP contribution in [0, 0.1) is 5.41 Å². The van der Waals surface area contributed by atoms with Gasteiger partial charge >= 0.3 is 0 Å². The molecule has 2 rings (SSSR count). The molecule has 0 bridgehead atoms. The van der Waals surface area contributed by atoms with E-state index >= 15 is 0 Å². The first kappa shape index (κ1) is 14.5. The number of nitrogens with one attached hydrogen (secondary N) is 1. The van der Waals surface area contributed by atoms with Gasteiger partial charge in [-0.25, -0.2) is 0 Å². The first-order valence-corrected chi connectivity index (χ1v) is 7.45. The lowest BCUT2D eigenvalue weighted by Gasteiger charge is -2.07. The number of nitrogens with two attached hydrogens (primary N) is 1. The maximum absolute atomic E-state index is 7.15. The molecule has 2 aromatic rings. The molecule has 20 heavy (non-hydrogen) atoms. The summed E-state index contributed by atoms with van der Waals surface area (Å²) in [6, 6.07) is 18.2. The summed E-state index contributed by atoms with van der Waals surface area (Å²) >= 11 is 1.37. The van der Waals surface area contributed by atoms with Gasteiger partial charge in [-0.2, -0.15) is 0 Å². The Balaban J connectivity index is 1.81. The van der Waals surface area contributed by atoms with E-state index in [9.17, 15) is 0 Å². The molecular weight excluding hydrogens is 268 g/mol. The van der Waals surface area contributed by atoms with Crippen LogP contribution in [0.15, 0.2) is 54.6 Å². The average Bonchev–Trinajstić information content (AvgIpc) is 2.47. The summed E-state index contributed by atoms with van der Waals surface area (Å²) in [5.74, 6) is 1.70. The molecule has 3 nitrogen and oxygen atoms in total. The third kappa shape index (κ3) is 4.97. The summed E-state index contributed by atoms with van der Waals surface area (Å²) in [5.41, 5.74) is 7.69. The Bertz CT molecular complexity index is 540. The zero-order chi connectivity index (χ0) is 14.2. The summed E-state index contributed by atoms with van der Waals surface area (Å²) in [4.78, 5) is 0. The molecule has 3 N–H and O–H groups in total. The van der Waals surface area contributed by atoms with E-state index < -0.39 is 0 Å². The first-order valence-electron chi connectivity index (χ1n) is 6.46. The highest BCUT2D eigenvalue weighted by molar-refractivity contribution is 8.13. The predicted molar refractivity (Wildman–Crippen MR) is 85.3 cm³/mol. The number of ether oxygens (including phenoxy) is 1. The van der Waals surface area contributed by atoms with Gasteiger partial charge in [0, 0.05) is 5.75 Å². The van der Waals surface area contributed by atoms with Crippen LogP contribution in [-0.2, 0) is 13.0 Å². The fourth-order valence-corrected chi connectivity index (χ4v) is 2.33. The van der Waals surface area contributed by atoms with Crippen LogP contribution in [0.5, 0.6) is 5.75 Å². The van der Waals surface area contributed by atoms with Crippen LogP contribution in [0.4, 0.5) is 0 Å². The fraction of sp³-hybridized carbons (Fsp3) is 0.188. The van der Waals surface area contributed by atoms with Crippen LogP contribution in [-0.4, -0.2) is 10.9 Å². The zero-order valence-electron chi connectivity index (χ0n) is 11.2. The van der Waals surface area contributed by atoms with Crippen molar-refractivity contribution in [2.75, 3.05) is 5.75 Å². The summed E-state index contributed by atoms with van der Waals surface area (Å²) < 4.78 is 5.73. The van der Waals surface area contributed by atoms with E-state index in [1.165, 1.54) is 17.3 Å². The minimum atomic E-state index is 0.174. The van der Waals surface area contributed by atoms with Crippen molar-refractivity contribution in [1.29, 1.82) is 5.41 Å². The van der Waals surface area contributed by atoms with E-state index in [0.717, 1.165) is 23.5 Å². The number of hydrogen-bond donors (Lipinski definition) is 2. The molecule has 0 saturated heterocycles. The Kier molecular flexibility index (Phi) is 5.50. The number of amidine groups is 1.